The Kier molecular flexibility index (Phi) is 3.26. The van der Waals surface area contributed by atoms with Gasteiger partial charge in [0.15, 0.2) is 0 Å². The Morgan fingerprint density at radius 3 is 2.60 bits per heavy atom. The molecule has 1 atom stereocenters. The summed E-state index contributed by atoms with van der Waals surface area (Å²) in [5.74, 6) is -0.914. The fourth-order valence-corrected chi connectivity index (χ4v) is 2.26. The van der Waals surface area contributed by atoms with Gasteiger partial charge in [-0.05, 0) is 30.3 Å². The highest BCUT2D eigenvalue weighted by molar-refractivity contribution is 5.45. The molecule has 2 aromatic carbocycles. The van der Waals surface area contributed by atoms with Crippen LogP contribution >= 0.6 is 0 Å². The van der Waals surface area contributed by atoms with Crippen LogP contribution in [-0.2, 0) is 6.42 Å². The van der Waals surface area contributed by atoms with E-state index >= 15 is 0 Å². The molecule has 0 aromatic heterocycles. The standard InChI is InChI=1S/C15H12F3NO/c16-10-2-4-15-9(5-10)6-12(20-15)8-19-14-3-1-11(17)7-13(14)18/h1-5,7,12,19H,6,8H2. The van der Waals surface area contributed by atoms with Gasteiger partial charge in [0.1, 0.15) is 29.3 Å². The van der Waals surface area contributed by atoms with Crippen molar-refractivity contribution in [3.05, 3.63) is 59.4 Å². The summed E-state index contributed by atoms with van der Waals surface area (Å²) in [6, 6.07) is 7.71. The number of nitrogens with one attached hydrogen (secondary N) is 1. The molecule has 0 saturated carbocycles. The molecule has 1 unspecified atom stereocenters. The summed E-state index contributed by atoms with van der Waals surface area (Å²) in [6.07, 6.45) is 0.361. The number of hydrogen-bond acceptors (Lipinski definition) is 2. The van der Waals surface area contributed by atoms with Crippen molar-refractivity contribution in [1.82, 2.24) is 0 Å². The summed E-state index contributed by atoms with van der Waals surface area (Å²) in [7, 11) is 0. The molecule has 104 valence electrons. The molecule has 0 amide bonds. The molecule has 0 fully saturated rings. The van der Waals surface area contributed by atoms with Crippen molar-refractivity contribution in [1.29, 1.82) is 0 Å². The highest BCUT2D eigenvalue weighted by atomic mass is 19.1. The summed E-state index contributed by atoms with van der Waals surface area (Å²) >= 11 is 0. The molecule has 0 aliphatic carbocycles. The molecule has 5 heteroatoms. The van der Waals surface area contributed by atoms with Crippen LogP contribution in [0.1, 0.15) is 5.56 Å². The number of hydrogen-bond donors (Lipinski definition) is 1. The highest BCUT2D eigenvalue weighted by Crippen LogP contribution is 2.29. The maximum atomic E-state index is 13.4. The van der Waals surface area contributed by atoms with Gasteiger partial charge in [0, 0.05) is 18.1 Å². The van der Waals surface area contributed by atoms with E-state index in [9.17, 15) is 13.2 Å². The predicted molar refractivity (Wildman–Crippen MR) is 69.4 cm³/mol. The Bertz CT molecular complexity index is 645. The van der Waals surface area contributed by atoms with E-state index in [1.54, 1.807) is 6.07 Å². The van der Waals surface area contributed by atoms with Crippen LogP contribution in [0.5, 0.6) is 5.75 Å². The Hall–Kier alpha value is -2.17. The van der Waals surface area contributed by atoms with Crippen molar-refractivity contribution >= 4 is 5.69 Å². The fourth-order valence-electron chi connectivity index (χ4n) is 2.26. The van der Waals surface area contributed by atoms with Gasteiger partial charge in [-0.15, -0.1) is 0 Å². The number of anilines is 1. The third-order valence-corrected chi connectivity index (χ3v) is 3.22. The zero-order chi connectivity index (χ0) is 14.1. The van der Waals surface area contributed by atoms with Crippen LogP contribution in [0.2, 0.25) is 0 Å². The molecule has 20 heavy (non-hydrogen) atoms. The van der Waals surface area contributed by atoms with Crippen molar-refractivity contribution in [2.75, 3.05) is 11.9 Å². The maximum absolute atomic E-state index is 13.4. The minimum Gasteiger partial charge on any atom is -0.488 e. The fraction of sp³-hybridized carbons (Fsp3) is 0.200. The molecule has 2 aromatic rings. The molecule has 1 N–H and O–H groups in total. The average molecular weight is 279 g/mol. The monoisotopic (exact) mass is 279 g/mol. The minimum absolute atomic E-state index is 0.198. The minimum atomic E-state index is -0.647. The largest absolute Gasteiger partial charge is 0.488 e. The van der Waals surface area contributed by atoms with Gasteiger partial charge in [0.05, 0.1) is 12.2 Å². The summed E-state index contributed by atoms with van der Waals surface area (Å²) in [5.41, 5.74) is 1.02. The molecule has 1 aliphatic heterocycles. The van der Waals surface area contributed by atoms with Gasteiger partial charge in [-0.25, -0.2) is 13.2 Å². The highest BCUT2D eigenvalue weighted by Gasteiger charge is 2.23. The summed E-state index contributed by atoms with van der Waals surface area (Å²) in [4.78, 5) is 0. The van der Waals surface area contributed by atoms with Crippen LogP contribution < -0.4 is 10.1 Å². The van der Waals surface area contributed by atoms with Crippen LogP contribution in [0.15, 0.2) is 36.4 Å². The first-order valence-electron chi connectivity index (χ1n) is 6.26. The molecule has 0 saturated heterocycles. The van der Waals surface area contributed by atoms with E-state index < -0.39 is 11.6 Å². The summed E-state index contributed by atoms with van der Waals surface area (Å²) < 4.78 is 44.9. The zero-order valence-electron chi connectivity index (χ0n) is 10.5. The Balaban J connectivity index is 1.63. The molecule has 0 bridgehead atoms. The SMILES string of the molecule is Fc1ccc(NCC2Cc3cc(F)ccc3O2)c(F)c1. The van der Waals surface area contributed by atoms with E-state index in [0.717, 1.165) is 11.6 Å². The topological polar surface area (TPSA) is 21.3 Å². The third kappa shape index (κ3) is 2.57. The van der Waals surface area contributed by atoms with Crippen molar-refractivity contribution < 1.29 is 17.9 Å². The Labute approximate surface area is 114 Å². The van der Waals surface area contributed by atoms with E-state index in [2.05, 4.69) is 5.32 Å². The van der Waals surface area contributed by atoms with Crippen molar-refractivity contribution in [2.24, 2.45) is 0 Å². The van der Waals surface area contributed by atoms with Crippen LogP contribution in [0.3, 0.4) is 0 Å². The Morgan fingerprint density at radius 2 is 1.80 bits per heavy atom. The van der Waals surface area contributed by atoms with Crippen molar-refractivity contribution in [2.45, 2.75) is 12.5 Å². The van der Waals surface area contributed by atoms with Gasteiger partial charge < -0.3 is 10.1 Å². The molecular formula is C15H12F3NO. The van der Waals surface area contributed by atoms with Gasteiger partial charge >= 0.3 is 0 Å². The average Bonchev–Trinajstić information content (AvgIpc) is 2.79. The molecule has 3 rings (SSSR count). The molecule has 1 aliphatic rings. The second-order valence-electron chi connectivity index (χ2n) is 4.70. The van der Waals surface area contributed by atoms with E-state index in [1.807, 2.05) is 0 Å². The van der Waals surface area contributed by atoms with Gasteiger partial charge in [-0.2, -0.15) is 0 Å². The maximum Gasteiger partial charge on any atom is 0.149 e. The van der Waals surface area contributed by atoms with E-state index in [-0.39, 0.29) is 17.6 Å². The first-order chi connectivity index (χ1) is 9.61. The number of fused-ring (bicyclic) bond motifs is 1. The van der Waals surface area contributed by atoms with Gasteiger partial charge in [-0.3, -0.25) is 0 Å². The molecular weight excluding hydrogens is 267 g/mol. The number of ether oxygens (including phenoxy) is 1. The van der Waals surface area contributed by atoms with E-state index in [4.69, 9.17) is 4.74 Å². The predicted octanol–water partition coefficient (Wildman–Crippen LogP) is 3.52. The molecule has 2 nitrogen and oxygen atoms in total. The second kappa shape index (κ2) is 5.07. The summed E-state index contributed by atoms with van der Waals surface area (Å²) in [6.45, 7) is 0.360. The third-order valence-electron chi connectivity index (χ3n) is 3.22. The van der Waals surface area contributed by atoms with Crippen molar-refractivity contribution in [3.63, 3.8) is 0 Å². The molecule has 1 heterocycles. The number of benzene rings is 2. The molecule has 0 spiro atoms. The lowest BCUT2D eigenvalue weighted by Gasteiger charge is -2.13. The van der Waals surface area contributed by atoms with Gasteiger partial charge in [-0.1, -0.05) is 0 Å². The van der Waals surface area contributed by atoms with Crippen LogP contribution in [0.4, 0.5) is 18.9 Å². The summed E-state index contributed by atoms with van der Waals surface area (Å²) in [5, 5.41) is 2.87. The van der Waals surface area contributed by atoms with E-state index in [1.165, 1.54) is 24.3 Å². The lowest BCUT2D eigenvalue weighted by molar-refractivity contribution is 0.246. The lowest BCUT2D eigenvalue weighted by Crippen LogP contribution is -2.24. The molecule has 0 radical (unpaired) electrons. The quantitative estimate of drug-likeness (QED) is 0.928. The van der Waals surface area contributed by atoms with Gasteiger partial charge in [0.25, 0.3) is 0 Å². The number of halogens is 3. The first-order valence-corrected chi connectivity index (χ1v) is 6.26. The Morgan fingerprint density at radius 1 is 1.05 bits per heavy atom. The van der Waals surface area contributed by atoms with Crippen molar-refractivity contribution in [3.8, 4) is 5.75 Å². The number of rotatable bonds is 3. The second-order valence-corrected chi connectivity index (χ2v) is 4.70. The lowest BCUT2D eigenvalue weighted by atomic mass is 10.1. The van der Waals surface area contributed by atoms with Gasteiger partial charge in [0.2, 0.25) is 0 Å². The van der Waals surface area contributed by atoms with Crippen LogP contribution in [0.25, 0.3) is 0 Å². The normalized spacial score (nSPS) is 16.6. The zero-order valence-corrected chi connectivity index (χ0v) is 10.5. The van der Waals surface area contributed by atoms with E-state index in [0.29, 0.717) is 18.7 Å². The van der Waals surface area contributed by atoms with Crippen LogP contribution in [0, 0.1) is 17.5 Å². The van der Waals surface area contributed by atoms with Crippen LogP contribution in [-0.4, -0.2) is 12.6 Å². The first kappa shape index (κ1) is 12.8. The smallest absolute Gasteiger partial charge is 0.149 e.